The van der Waals surface area contributed by atoms with Crippen LogP contribution in [0, 0.1) is 0 Å². The van der Waals surface area contributed by atoms with Crippen LogP contribution in [0.3, 0.4) is 0 Å². The summed E-state index contributed by atoms with van der Waals surface area (Å²) in [5.74, 6) is 1.41. The number of anilines is 1. The van der Waals surface area contributed by atoms with Gasteiger partial charge in [-0.15, -0.1) is 0 Å². The molecule has 0 amide bonds. The van der Waals surface area contributed by atoms with E-state index in [4.69, 9.17) is 18.9 Å². The maximum Gasteiger partial charge on any atom is 0.256 e. The summed E-state index contributed by atoms with van der Waals surface area (Å²) in [6, 6.07) is 36.8. The first-order chi connectivity index (χ1) is 21.1. The van der Waals surface area contributed by atoms with Crippen LogP contribution < -0.4 is 5.32 Å². The van der Waals surface area contributed by atoms with E-state index < -0.39 is 6.29 Å². The monoisotopic (exact) mass is 592 g/mol. The fraction of sp³-hybridized carbons (Fsp3) is 0.250. The summed E-state index contributed by atoms with van der Waals surface area (Å²) in [7, 11) is 0. The first-order valence-corrected chi connectivity index (χ1v) is 15.7. The number of benzene rings is 4. The molecular weight excluding hydrogens is 556 g/mol. The number of aliphatic hydroxyl groups excluding tert-OH is 1. The van der Waals surface area contributed by atoms with E-state index in [1.54, 1.807) is 11.8 Å². The molecule has 3 atom stereocenters. The number of ether oxygens (including phenoxy) is 2. The van der Waals surface area contributed by atoms with Crippen molar-refractivity contribution < 1.29 is 19.0 Å². The van der Waals surface area contributed by atoms with E-state index in [0.29, 0.717) is 23.4 Å². The summed E-state index contributed by atoms with van der Waals surface area (Å²) in [6.45, 7) is 4.25. The molecule has 6 rings (SSSR count). The molecule has 4 aromatic carbocycles. The number of rotatable bonds is 10. The van der Waals surface area contributed by atoms with Gasteiger partial charge < -0.3 is 24.3 Å². The van der Waals surface area contributed by atoms with E-state index in [-0.39, 0.29) is 18.8 Å². The van der Waals surface area contributed by atoms with E-state index in [1.807, 2.05) is 72.8 Å². The highest BCUT2D eigenvalue weighted by Crippen LogP contribution is 2.41. The van der Waals surface area contributed by atoms with E-state index >= 15 is 0 Å². The van der Waals surface area contributed by atoms with Crippen molar-refractivity contribution in [1.82, 2.24) is 4.98 Å². The van der Waals surface area contributed by atoms with E-state index in [0.717, 1.165) is 45.0 Å². The number of nitrogens with zero attached hydrogens (tertiary/aromatic N) is 1. The Labute approximate surface area is 257 Å². The van der Waals surface area contributed by atoms with Gasteiger partial charge in [-0.25, -0.2) is 4.98 Å². The predicted molar refractivity (Wildman–Crippen MR) is 172 cm³/mol. The Morgan fingerprint density at radius 2 is 1.47 bits per heavy atom. The van der Waals surface area contributed by atoms with E-state index in [2.05, 4.69) is 55.6 Å². The van der Waals surface area contributed by atoms with Crippen LogP contribution in [-0.2, 0) is 16.1 Å². The Balaban J connectivity index is 1.24. The number of oxazole rings is 1. The van der Waals surface area contributed by atoms with E-state index in [9.17, 15) is 5.11 Å². The molecular formula is C36H36N2O4S. The quantitative estimate of drug-likeness (QED) is 0.157. The first kappa shape index (κ1) is 29.2. The number of aliphatic hydroxyl groups is 1. The number of nitrogens with one attached hydrogen (secondary N) is 1. The second-order valence-electron chi connectivity index (χ2n) is 11.0. The first-order valence-electron chi connectivity index (χ1n) is 14.7. The van der Waals surface area contributed by atoms with Gasteiger partial charge in [-0.3, -0.25) is 0 Å². The van der Waals surface area contributed by atoms with Gasteiger partial charge in [-0.05, 0) is 37.1 Å². The normalized spacial score (nSPS) is 18.6. The number of hydrogen-bond acceptors (Lipinski definition) is 7. The third kappa shape index (κ3) is 7.20. The number of aromatic nitrogens is 1. The molecule has 1 fully saturated rings. The average molecular weight is 593 g/mol. The van der Waals surface area contributed by atoms with Crippen molar-refractivity contribution in [2.75, 3.05) is 11.1 Å². The number of thioether (sulfide) groups is 1. The average Bonchev–Trinajstić information content (AvgIpc) is 3.49. The zero-order valence-corrected chi connectivity index (χ0v) is 25.2. The zero-order chi connectivity index (χ0) is 29.6. The highest BCUT2D eigenvalue weighted by molar-refractivity contribution is 7.99. The van der Waals surface area contributed by atoms with Gasteiger partial charge in [0.1, 0.15) is 5.69 Å². The summed E-state index contributed by atoms with van der Waals surface area (Å²) in [5, 5.41) is 13.6. The minimum Gasteiger partial charge on any atom is -0.431 e. The SMILES string of the molecule is CC(C)Nc1ccc([C@H]2O[C@@H](CSc3nc(-c4ccccc4)c(-c4ccccc4)o3)C[C@@H](c3ccc(CO)cc3)O2)cc1. The van der Waals surface area contributed by atoms with E-state index in [1.165, 1.54) is 0 Å². The molecule has 7 heteroatoms. The molecule has 1 aliphatic heterocycles. The highest BCUT2D eigenvalue weighted by atomic mass is 32.2. The summed E-state index contributed by atoms with van der Waals surface area (Å²) >= 11 is 1.56. The van der Waals surface area contributed by atoms with Crippen LogP contribution >= 0.6 is 11.8 Å². The summed E-state index contributed by atoms with van der Waals surface area (Å²) in [6.07, 6.45) is -0.0895. The Hall–Kier alpha value is -3.88. The van der Waals surface area contributed by atoms with Crippen LogP contribution in [0.1, 0.15) is 49.4 Å². The van der Waals surface area contributed by atoms with Crippen molar-refractivity contribution >= 4 is 17.4 Å². The molecule has 0 aliphatic carbocycles. The second-order valence-corrected chi connectivity index (χ2v) is 11.9. The second kappa shape index (κ2) is 13.6. The van der Waals surface area contributed by atoms with Gasteiger partial charge in [-0.1, -0.05) is 109 Å². The van der Waals surface area contributed by atoms with Crippen LogP contribution in [0.15, 0.2) is 119 Å². The Morgan fingerprint density at radius 3 is 2.12 bits per heavy atom. The zero-order valence-electron chi connectivity index (χ0n) is 24.4. The Morgan fingerprint density at radius 1 is 0.814 bits per heavy atom. The maximum atomic E-state index is 9.52. The third-order valence-corrected chi connectivity index (χ3v) is 8.30. The predicted octanol–water partition coefficient (Wildman–Crippen LogP) is 8.66. The summed E-state index contributed by atoms with van der Waals surface area (Å²) in [4.78, 5) is 4.93. The molecule has 43 heavy (non-hydrogen) atoms. The molecule has 0 radical (unpaired) electrons. The smallest absolute Gasteiger partial charge is 0.256 e. The third-order valence-electron chi connectivity index (χ3n) is 7.34. The van der Waals surface area contributed by atoms with Crippen LogP contribution in [-0.4, -0.2) is 28.0 Å². The summed E-state index contributed by atoms with van der Waals surface area (Å²) in [5.41, 5.74) is 6.80. The van der Waals surface area contributed by atoms with Crippen LogP contribution in [0.5, 0.6) is 0 Å². The van der Waals surface area contributed by atoms with Crippen molar-refractivity contribution in [3.63, 3.8) is 0 Å². The standard InChI is InChI=1S/C36H36N2O4S/c1-24(2)37-30-19-17-29(18-20-30)35-40-31(21-32(41-35)26-15-13-25(22-39)14-16-26)23-43-36-38-33(27-9-5-3-6-10-27)34(42-36)28-11-7-4-8-12-28/h3-20,24,31-32,35,37,39H,21-23H2,1-2H3/t31-,32+,35+/m1/s1. The molecule has 6 nitrogen and oxygen atoms in total. The summed E-state index contributed by atoms with van der Waals surface area (Å²) < 4.78 is 19.4. The molecule has 2 N–H and O–H groups in total. The van der Waals surface area contributed by atoms with Crippen molar-refractivity contribution in [1.29, 1.82) is 0 Å². The maximum absolute atomic E-state index is 9.52. The van der Waals surface area contributed by atoms with Gasteiger partial charge >= 0.3 is 0 Å². The van der Waals surface area contributed by atoms with Gasteiger partial charge in [0.15, 0.2) is 12.1 Å². The Kier molecular flexibility index (Phi) is 9.24. The van der Waals surface area contributed by atoms with Crippen molar-refractivity contribution in [2.24, 2.45) is 0 Å². The molecule has 1 aliphatic rings. The van der Waals surface area contributed by atoms with Crippen LogP contribution in [0.25, 0.3) is 22.6 Å². The van der Waals surface area contributed by atoms with Gasteiger partial charge in [-0.2, -0.15) is 0 Å². The lowest BCUT2D eigenvalue weighted by Crippen LogP contribution is -2.31. The van der Waals surface area contributed by atoms with Crippen LogP contribution in [0.4, 0.5) is 5.69 Å². The Bertz CT molecular complexity index is 1530. The highest BCUT2D eigenvalue weighted by Gasteiger charge is 2.33. The molecule has 2 heterocycles. The lowest BCUT2D eigenvalue weighted by Gasteiger charge is -2.36. The molecule has 1 aromatic heterocycles. The lowest BCUT2D eigenvalue weighted by molar-refractivity contribution is -0.245. The fourth-order valence-electron chi connectivity index (χ4n) is 5.20. The van der Waals surface area contributed by atoms with Crippen molar-refractivity contribution in [3.8, 4) is 22.6 Å². The fourth-order valence-corrected chi connectivity index (χ4v) is 6.04. The molecule has 5 aromatic rings. The van der Waals surface area contributed by atoms with Crippen LogP contribution in [0.2, 0.25) is 0 Å². The van der Waals surface area contributed by atoms with Gasteiger partial charge in [0.25, 0.3) is 5.22 Å². The van der Waals surface area contributed by atoms with Crippen molar-refractivity contribution in [3.05, 3.63) is 126 Å². The lowest BCUT2D eigenvalue weighted by atomic mass is 10.0. The topological polar surface area (TPSA) is 76.8 Å². The molecule has 0 unspecified atom stereocenters. The largest absolute Gasteiger partial charge is 0.431 e. The number of hydrogen-bond donors (Lipinski definition) is 2. The molecule has 0 bridgehead atoms. The molecule has 0 spiro atoms. The molecule has 0 saturated carbocycles. The van der Waals surface area contributed by atoms with Gasteiger partial charge in [0, 0.05) is 40.6 Å². The minimum atomic E-state index is -0.515. The van der Waals surface area contributed by atoms with Gasteiger partial charge in [0.05, 0.1) is 18.8 Å². The molecule has 1 saturated heterocycles. The van der Waals surface area contributed by atoms with Gasteiger partial charge in [0.2, 0.25) is 0 Å². The molecule has 220 valence electrons. The minimum absolute atomic E-state index is 0.0135. The van der Waals surface area contributed by atoms with Crippen molar-refractivity contribution in [2.45, 2.75) is 56.6 Å².